The minimum atomic E-state index is -5.08. The van der Waals surface area contributed by atoms with Gasteiger partial charge in [0, 0.05) is 0 Å². The Bertz CT molecular complexity index is 475. The van der Waals surface area contributed by atoms with Gasteiger partial charge in [0.25, 0.3) is 0 Å². The molecule has 2 heterocycles. The first-order valence-corrected chi connectivity index (χ1v) is 12.3. The molecule has 0 radical (unpaired) electrons. The van der Waals surface area contributed by atoms with E-state index in [9.17, 15) is 19.2 Å². The fourth-order valence-corrected chi connectivity index (χ4v) is 7.30. The Morgan fingerprint density at radius 3 is 1.32 bits per heavy atom. The van der Waals surface area contributed by atoms with E-state index in [1.807, 2.05) is 13.8 Å². The van der Waals surface area contributed by atoms with Crippen LogP contribution in [0.15, 0.2) is 0 Å². The quantitative estimate of drug-likeness (QED) is 0.462. The first kappa shape index (κ1) is 20.3. The van der Waals surface area contributed by atoms with Gasteiger partial charge in [-0.05, 0) is 0 Å². The third-order valence-corrected chi connectivity index (χ3v) is 8.12. The standard InChI is InChI=1S/2C4H4NO3.2C3H7O.Zr/c2*6-3-1-2-4(7)5(3)8;2*1-2-3-4;/h2*1-2H2;2*2-3H2,1H3;/q4*-1;+4. The van der Waals surface area contributed by atoms with E-state index in [1.165, 1.54) is 0 Å². The predicted octanol–water partition coefficient (Wildman–Crippen LogP) is 0.815. The Kier molecular flexibility index (Phi) is 7.39. The maximum atomic E-state index is 11.9. The number of hydrogen-bond donors (Lipinski definition) is 0. The van der Waals surface area contributed by atoms with E-state index in [0.717, 1.165) is 0 Å². The Morgan fingerprint density at radius 1 is 0.720 bits per heavy atom. The molecule has 0 atom stereocenters. The van der Waals surface area contributed by atoms with E-state index in [2.05, 4.69) is 0 Å². The summed E-state index contributed by atoms with van der Waals surface area (Å²) in [5.41, 5.74) is 0. The van der Waals surface area contributed by atoms with Crippen molar-refractivity contribution in [2.24, 2.45) is 0 Å². The van der Waals surface area contributed by atoms with Gasteiger partial charge in [-0.25, -0.2) is 0 Å². The van der Waals surface area contributed by atoms with E-state index in [1.54, 1.807) is 0 Å². The number of hydroxylamine groups is 4. The van der Waals surface area contributed by atoms with Crippen LogP contribution in [-0.4, -0.2) is 47.0 Å². The topological polar surface area (TPSA) is 112 Å². The molecule has 2 aliphatic rings. The Balaban J connectivity index is 2.25. The van der Waals surface area contributed by atoms with Crippen LogP contribution in [0.1, 0.15) is 52.4 Å². The molecule has 2 aliphatic heterocycles. The van der Waals surface area contributed by atoms with Crippen LogP contribution in [0.25, 0.3) is 0 Å². The van der Waals surface area contributed by atoms with Crippen molar-refractivity contribution in [3.63, 3.8) is 0 Å². The molecule has 0 N–H and O–H groups in total. The Labute approximate surface area is 152 Å². The normalized spacial score (nSPS) is 18.8. The van der Waals surface area contributed by atoms with Crippen molar-refractivity contribution < 1.29 is 52.7 Å². The fraction of sp³-hybridized carbons (Fsp3) is 0.714. The minimum absolute atomic E-state index is 0.0178. The molecule has 0 saturated carbocycles. The summed E-state index contributed by atoms with van der Waals surface area (Å²) < 4.78 is 22.3. The van der Waals surface area contributed by atoms with Crippen molar-refractivity contribution >= 4 is 23.6 Å². The fourth-order valence-electron chi connectivity index (χ4n) is 2.16. The molecule has 2 fully saturated rings. The molecule has 0 bridgehead atoms. The van der Waals surface area contributed by atoms with Crippen molar-refractivity contribution in [1.29, 1.82) is 0 Å². The molecule has 25 heavy (non-hydrogen) atoms. The number of carbonyl (C=O) groups is 4. The maximum absolute atomic E-state index is 11.9. The summed E-state index contributed by atoms with van der Waals surface area (Å²) in [7, 11) is 0. The molecule has 140 valence electrons. The average molecular weight is 438 g/mol. The molecule has 0 aliphatic carbocycles. The molecule has 0 spiro atoms. The summed E-state index contributed by atoms with van der Waals surface area (Å²) in [5.74, 6) is -2.13. The molecular weight excluding hydrogens is 415 g/mol. The molecule has 0 unspecified atom stereocenters. The SMILES string of the molecule is CCC[O][Zr]([O]CCC)([O]N1C(=O)CCC1=O)[O]N1C(=O)CCC1=O. The van der Waals surface area contributed by atoms with Crippen LogP contribution in [0, 0.1) is 0 Å². The summed E-state index contributed by atoms with van der Waals surface area (Å²) in [4.78, 5) is 47.5. The second-order valence-corrected chi connectivity index (χ2v) is 10.3. The van der Waals surface area contributed by atoms with Crippen molar-refractivity contribution in [2.75, 3.05) is 13.2 Å². The third-order valence-electron chi connectivity index (χ3n) is 3.38. The zero-order valence-electron chi connectivity index (χ0n) is 14.3. The van der Waals surface area contributed by atoms with Gasteiger partial charge in [-0.2, -0.15) is 0 Å². The second-order valence-electron chi connectivity index (χ2n) is 5.54. The molecule has 0 aromatic carbocycles. The van der Waals surface area contributed by atoms with Crippen LogP contribution >= 0.6 is 0 Å². The number of hydrogen-bond acceptors (Lipinski definition) is 8. The summed E-state index contributed by atoms with van der Waals surface area (Å²) in [6, 6.07) is 0. The number of imide groups is 2. The monoisotopic (exact) mass is 436 g/mol. The van der Waals surface area contributed by atoms with Crippen LogP contribution in [0.3, 0.4) is 0 Å². The van der Waals surface area contributed by atoms with Gasteiger partial charge in [-0.1, -0.05) is 0 Å². The first-order valence-electron chi connectivity index (χ1n) is 8.30. The van der Waals surface area contributed by atoms with E-state index in [4.69, 9.17) is 11.5 Å². The summed E-state index contributed by atoms with van der Waals surface area (Å²) >= 11 is -5.08. The van der Waals surface area contributed by atoms with Crippen LogP contribution in [0.5, 0.6) is 0 Å². The first-order chi connectivity index (χ1) is 11.9. The van der Waals surface area contributed by atoms with E-state index in [-0.39, 0.29) is 38.9 Å². The summed E-state index contributed by atoms with van der Waals surface area (Å²) in [6.07, 6.45) is 1.25. The molecule has 2 saturated heterocycles. The van der Waals surface area contributed by atoms with Gasteiger partial charge in [0.2, 0.25) is 0 Å². The van der Waals surface area contributed by atoms with Gasteiger partial charge in [-0.3, -0.25) is 0 Å². The molecule has 4 amide bonds. The number of nitrogens with zero attached hydrogens (tertiary/aromatic N) is 2. The van der Waals surface area contributed by atoms with Gasteiger partial charge in [0.1, 0.15) is 0 Å². The van der Waals surface area contributed by atoms with Gasteiger partial charge in [0.05, 0.1) is 0 Å². The van der Waals surface area contributed by atoms with Crippen LogP contribution in [-0.2, 0) is 52.7 Å². The van der Waals surface area contributed by atoms with E-state index >= 15 is 0 Å². The molecule has 2 rings (SSSR count). The third kappa shape index (κ3) is 5.01. The Morgan fingerprint density at radius 2 is 1.04 bits per heavy atom. The molecule has 11 heteroatoms. The summed E-state index contributed by atoms with van der Waals surface area (Å²) in [6.45, 7) is 4.03. The molecular formula is C14H22N2O8Zr. The molecule has 10 nitrogen and oxygen atoms in total. The Hall–Kier alpha value is -0.997. The average Bonchev–Trinajstić information content (AvgIpc) is 3.08. The zero-order valence-corrected chi connectivity index (χ0v) is 16.8. The summed E-state index contributed by atoms with van der Waals surface area (Å²) in [5, 5.41) is 1.18. The van der Waals surface area contributed by atoms with Gasteiger partial charge < -0.3 is 0 Å². The van der Waals surface area contributed by atoms with Crippen molar-refractivity contribution in [3.05, 3.63) is 0 Å². The molecule has 0 aromatic rings. The van der Waals surface area contributed by atoms with Gasteiger partial charge >= 0.3 is 152 Å². The van der Waals surface area contributed by atoms with Crippen LogP contribution < -0.4 is 0 Å². The number of amides is 4. The van der Waals surface area contributed by atoms with Crippen molar-refractivity contribution in [1.82, 2.24) is 10.1 Å². The van der Waals surface area contributed by atoms with Gasteiger partial charge in [0.15, 0.2) is 0 Å². The predicted molar refractivity (Wildman–Crippen MR) is 76.8 cm³/mol. The second kappa shape index (κ2) is 9.09. The van der Waals surface area contributed by atoms with Gasteiger partial charge in [-0.15, -0.1) is 0 Å². The molecule has 0 aromatic heterocycles. The van der Waals surface area contributed by atoms with Crippen LogP contribution in [0.4, 0.5) is 0 Å². The van der Waals surface area contributed by atoms with Crippen molar-refractivity contribution in [3.8, 4) is 0 Å². The van der Waals surface area contributed by atoms with Crippen LogP contribution in [0.2, 0.25) is 0 Å². The number of carbonyl (C=O) groups excluding carboxylic acids is 4. The zero-order chi connectivity index (χ0) is 18.4. The van der Waals surface area contributed by atoms with Crippen molar-refractivity contribution in [2.45, 2.75) is 52.4 Å². The number of rotatable bonds is 10. The van der Waals surface area contributed by atoms with E-state index < -0.39 is 45.7 Å². The van der Waals surface area contributed by atoms with E-state index in [0.29, 0.717) is 23.0 Å².